The quantitative estimate of drug-likeness (QED) is 0.300. The summed E-state index contributed by atoms with van der Waals surface area (Å²) in [5, 5.41) is 8.31. The second-order valence-electron chi connectivity index (χ2n) is 7.57. The average molecular weight is 488 g/mol. The number of aromatic nitrogens is 4. The van der Waals surface area contributed by atoms with Gasteiger partial charge < -0.3 is 23.0 Å². The monoisotopic (exact) mass is 488 g/mol. The molecule has 2 aromatic carbocycles. The van der Waals surface area contributed by atoms with Gasteiger partial charge in [0, 0.05) is 5.56 Å². The topological polar surface area (TPSA) is 132 Å². The third-order valence-corrected chi connectivity index (χ3v) is 5.48. The van der Waals surface area contributed by atoms with Gasteiger partial charge >= 0.3 is 0 Å². The van der Waals surface area contributed by atoms with E-state index in [4.69, 9.17) is 23.0 Å². The van der Waals surface area contributed by atoms with E-state index >= 15 is 0 Å². The van der Waals surface area contributed by atoms with Gasteiger partial charge in [-0.05, 0) is 36.4 Å². The number of methoxy groups -OCH3 is 3. The largest absolute Gasteiger partial charge is 0.493 e. The van der Waals surface area contributed by atoms with Gasteiger partial charge in [-0.3, -0.25) is 14.2 Å². The molecule has 0 unspecified atom stereocenters. The second-order valence-corrected chi connectivity index (χ2v) is 7.57. The van der Waals surface area contributed by atoms with Crippen LogP contribution in [0, 0.1) is 0 Å². The zero-order valence-corrected chi connectivity index (χ0v) is 19.5. The number of fused-ring (bicyclic) bond motifs is 1. The first-order valence-electron chi connectivity index (χ1n) is 10.7. The molecule has 0 saturated heterocycles. The maximum Gasteiger partial charge on any atom is 0.283 e. The molecule has 0 aliphatic heterocycles. The van der Waals surface area contributed by atoms with Gasteiger partial charge in [-0.25, -0.2) is 4.98 Å². The minimum Gasteiger partial charge on any atom is -0.493 e. The van der Waals surface area contributed by atoms with Crippen molar-refractivity contribution in [3.63, 3.8) is 0 Å². The maximum atomic E-state index is 13.7. The summed E-state index contributed by atoms with van der Waals surface area (Å²) in [7, 11) is 4.36. The van der Waals surface area contributed by atoms with Crippen LogP contribution >= 0.6 is 0 Å². The van der Waals surface area contributed by atoms with Gasteiger partial charge in [0.15, 0.2) is 23.1 Å². The van der Waals surface area contributed by atoms with E-state index in [2.05, 4.69) is 15.2 Å². The SMILES string of the molecule is COc1cc(C(=O)c2nc3ccccc3c(=O)n2Cc2nnc(-c3ccco3)o2)cc(OC)c1OC. The highest BCUT2D eigenvalue weighted by atomic mass is 16.5. The summed E-state index contributed by atoms with van der Waals surface area (Å²) in [6.07, 6.45) is 1.48. The zero-order chi connectivity index (χ0) is 25.2. The van der Waals surface area contributed by atoms with E-state index in [1.807, 2.05) is 0 Å². The smallest absolute Gasteiger partial charge is 0.283 e. The van der Waals surface area contributed by atoms with Crippen LogP contribution in [0.15, 0.2) is 68.4 Å². The number of ketones is 1. The van der Waals surface area contributed by atoms with E-state index in [0.29, 0.717) is 22.4 Å². The summed E-state index contributed by atoms with van der Waals surface area (Å²) in [4.78, 5) is 31.7. The van der Waals surface area contributed by atoms with Crippen LogP contribution in [0.25, 0.3) is 22.6 Å². The van der Waals surface area contributed by atoms with E-state index in [9.17, 15) is 9.59 Å². The Balaban J connectivity index is 1.64. The van der Waals surface area contributed by atoms with Gasteiger partial charge in [-0.15, -0.1) is 10.2 Å². The van der Waals surface area contributed by atoms with E-state index in [1.165, 1.54) is 44.3 Å². The van der Waals surface area contributed by atoms with Crippen LogP contribution in [0.4, 0.5) is 0 Å². The van der Waals surface area contributed by atoms with Crippen LogP contribution in [0.3, 0.4) is 0 Å². The summed E-state index contributed by atoms with van der Waals surface area (Å²) >= 11 is 0. The molecule has 0 N–H and O–H groups in total. The van der Waals surface area contributed by atoms with E-state index in [-0.39, 0.29) is 41.2 Å². The van der Waals surface area contributed by atoms with E-state index < -0.39 is 11.3 Å². The molecule has 0 spiro atoms. The molecule has 11 nitrogen and oxygen atoms in total. The molecule has 182 valence electrons. The minimum absolute atomic E-state index is 0.0968. The molecule has 3 heterocycles. The normalized spacial score (nSPS) is 11.0. The van der Waals surface area contributed by atoms with Crippen LogP contribution in [0.1, 0.15) is 22.1 Å². The highest BCUT2D eigenvalue weighted by molar-refractivity contribution is 6.08. The first kappa shape index (κ1) is 22.8. The standard InChI is InChI=1S/C25H20N4O7/c1-32-18-11-14(12-19(33-2)22(18)34-3)21(30)23-26-16-8-5-4-7-15(16)25(31)29(23)13-20-27-28-24(36-20)17-9-6-10-35-17/h4-12H,13H2,1-3H3. The van der Waals surface area contributed by atoms with Crippen molar-refractivity contribution < 1.29 is 27.8 Å². The Morgan fingerprint density at radius 2 is 1.72 bits per heavy atom. The fourth-order valence-corrected chi connectivity index (χ4v) is 3.78. The van der Waals surface area contributed by atoms with Gasteiger partial charge in [0.25, 0.3) is 11.4 Å². The number of hydrogen-bond acceptors (Lipinski definition) is 10. The van der Waals surface area contributed by atoms with E-state index in [1.54, 1.807) is 36.4 Å². The fourth-order valence-electron chi connectivity index (χ4n) is 3.78. The molecule has 3 aromatic heterocycles. The van der Waals surface area contributed by atoms with Gasteiger partial charge in [0.2, 0.25) is 17.4 Å². The van der Waals surface area contributed by atoms with Gasteiger partial charge in [0.1, 0.15) is 6.54 Å². The van der Waals surface area contributed by atoms with Crippen LogP contribution in [0.5, 0.6) is 17.2 Å². The van der Waals surface area contributed by atoms with Crippen molar-refractivity contribution in [2.75, 3.05) is 21.3 Å². The molecule has 0 aliphatic rings. The van der Waals surface area contributed by atoms with Gasteiger partial charge in [0.05, 0.1) is 38.5 Å². The number of hydrogen-bond donors (Lipinski definition) is 0. The molecule has 0 fully saturated rings. The zero-order valence-electron chi connectivity index (χ0n) is 19.5. The molecule has 0 bridgehead atoms. The summed E-state index contributed by atoms with van der Waals surface area (Å²) in [5.41, 5.74) is 0.118. The summed E-state index contributed by atoms with van der Waals surface area (Å²) in [5.74, 6) is 0.871. The summed E-state index contributed by atoms with van der Waals surface area (Å²) < 4.78 is 28.2. The lowest BCUT2D eigenvalue weighted by Crippen LogP contribution is -2.29. The number of nitrogens with zero attached hydrogens (tertiary/aromatic N) is 4. The Labute approximate surface area is 203 Å². The lowest BCUT2D eigenvalue weighted by molar-refractivity contribution is 0.102. The molecule has 0 aliphatic carbocycles. The predicted octanol–water partition coefficient (Wildman–Crippen LogP) is 3.34. The van der Waals surface area contributed by atoms with Crippen molar-refractivity contribution in [3.05, 3.63) is 82.4 Å². The maximum absolute atomic E-state index is 13.7. The first-order chi connectivity index (χ1) is 17.5. The summed E-state index contributed by atoms with van der Waals surface area (Å²) in [6, 6.07) is 13.1. The molecular formula is C25H20N4O7. The molecule has 5 rings (SSSR count). The number of rotatable bonds is 8. The van der Waals surface area contributed by atoms with Crippen molar-refractivity contribution >= 4 is 16.7 Å². The molecule has 0 saturated carbocycles. The molecule has 0 atom stereocenters. The number of carbonyl (C=O) groups excluding carboxylic acids is 1. The minimum atomic E-state index is -0.539. The molecule has 0 amide bonds. The third kappa shape index (κ3) is 3.96. The second kappa shape index (κ2) is 9.37. The number of para-hydroxylation sites is 1. The van der Waals surface area contributed by atoms with Crippen molar-refractivity contribution in [1.82, 2.24) is 19.7 Å². The van der Waals surface area contributed by atoms with Crippen molar-refractivity contribution in [2.45, 2.75) is 6.54 Å². The van der Waals surface area contributed by atoms with Crippen molar-refractivity contribution in [3.8, 4) is 28.9 Å². The van der Waals surface area contributed by atoms with Crippen LogP contribution < -0.4 is 19.8 Å². The lowest BCUT2D eigenvalue weighted by atomic mass is 10.1. The Morgan fingerprint density at radius 3 is 2.39 bits per heavy atom. The van der Waals surface area contributed by atoms with Crippen LogP contribution in [0.2, 0.25) is 0 Å². The highest BCUT2D eigenvalue weighted by Crippen LogP contribution is 2.38. The number of furan rings is 1. The Bertz CT molecular complexity index is 1590. The number of benzene rings is 2. The molecule has 11 heteroatoms. The van der Waals surface area contributed by atoms with Gasteiger partial charge in [-0.1, -0.05) is 12.1 Å². The van der Waals surface area contributed by atoms with Crippen LogP contribution in [-0.4, -0.2) is 46.9 Å². The van der Waals surface area contributed by atoms with E-state index in [0.717, 1.165) is 0 Å². The number of ether oxygens (including phenoxy) is 3. The van der Waals surface area contributed by atoms with Crippen molar-refractivity contribution in [2.24, 2.45) is 0 Å². The van der Waals surface area contributed by atoms with Crippen molar-refractivity contribution in [1.29, 1.82) is 0 Å². The highest BCUT2D eigenvalue weighted by Gasteiger charge is 2.24. The fraction of sp³-hybridized carbons (Fsp3) is 0.160. The van der Waals surface area contributed by atoms with Gasteiger partial charge in [-0.2, -0.15) is 0 Å². The lowest BCUT2D eigenvalue weighted by Gasteiger charge is -2.15. The molecule has 36 heavy (non-hydrogen) atoms. The Kier molecular flexibility index (Phi) is 5.95. The third-order valence-electron chi connectivity index (χ3n) is 5.48. The Hall–Kier alpha value is -4.93. The molecule has 0 radical (unpaired) electrons. The Morgan fingerprint density at radius 1 is 0.972 bits per heavy atom. The summed E-state index contributed by atoms with van der Waals surface area (Å²) in [6.45, 7) is -0.185. The predicted molar refractivity (Wildman–Crippen MR) is 127 cm³/mol. The first-order valence-corrected chi connectivity index (χ1v) is 10.7. The average Bonchev–Trinajstić information content (AvgIpc) is 3.61. The number of carbonyl (C=O) groups is 1. The molecular weight excluding hydrogens is 468 g/mol. The van der Waals surface area contributed by atoms with Crippen LogP contribution in [-0.2, 0) is 6.54 Å². The molecule has 5 aromatic rings.